The number of aryl methyl sites for hydroxylation is 2. The SMILES string of the molecule is Cc1cccc(C)c1OCC(C)NC(=O)[C@@H](NC(=O)[C@@H](N)C(C)C)C(C)C. The lowest BCUT2D eigenvalue weighted by molar-refractivity contribution is -0.131. The van der Waals surface area contributed by atoms with Crippen molar-refractivity contribution in [2.24, 2.45) is 17.6 Å². The van der Waals surface area contributed by atoms with Crippen LogP contribution in [0.25, 0.3) is 0 Å². The lowest BCUT2D eigenvalue weighted by atomic mass is 10.00. The number of nitrogens with one attached hydrogen (secondary N) is 2. The highest BCUT2D eigenvalue weighted by molar-refractivity contribution is 5.90. The summed E-state index contributed by atoms with van der Waals surface area (Å²) < 4.78 is 5.90. The minimum Gasteiger partial charge on any atom is -0.491 e. The normalized spacial score (nSPS) is 14.6. The molecule has 6 nitrogen and oxygen atoms in total. The van der Waals surface area contributed by atoms with Crippen LogP contribution in [0.5, 0.6) is 5.75 Å². The number of benzene rings is 1. The van der Waals surface area contributed by atoms with Crippen molar-refractivity contribution in [1.82, 2.24) is 10.6 Å². The maximum absolute atomic E-state index is 12.6. The molecule has 1 rings (SSSR count). The number of rotatable bonds is 9. The fourth-order valence-electron chi connectivity index (χ4n) is 2.70. The molecule has 152 valence electrons. The molecule has 4 N–H and O–H groups in total. The summed E-state index contributed by atoms with van der Waals surface area (Å²) in [5.41, 5.74) is 8.00. The van der Waals surface area contributed by atoms with E-state index in [-0.39, 0.29) is 29.7 Å². The van der Waals surface area contributed by atoms with Crippen LogP contribution in [0, 0.1) is 25.7 Å². The predicted molar refractivity (Wildman–Crippen MR) is 109 cm³/mol. The van der Waals surface area contributed by atoms with E-state index in [4.69, 9.17) is 10.5 Å². The first kappa shape index (κ1) is 23.0. The van der Waals surface area contributed by atoms with E-state index < -0.39 is 12.1 Å². The molecule has 6 heteroatoms. The Morgan fingerprint density at radius 1 is 0.963 bits per heavy atom. The van der Waals surface area contributed by atoms with Crippen molar-refractivity contribution in [3.63, 3.8) is 0 Å². The minimum atomic E-state index is -0.635. The molecule has 2 amide bonds. The van der Waals surface area contributed by atoms with Gasteiger partial charge < -0.3 is 21.1 Å². The molecule has 0 aromatic heterocycles. The van der Waals surface area contributed by atoms with Gasteiger partial charge in [0.1, 0.15) is 18.4 Å². The topological polar surface area (TPSA) is 93.5 Å². The molecular weight excluding hydrogens is 342 g/mol. The number of para-hydroxylation sites is 1. The molecule has 27 heavy (non-hydrogen) atoms. The van der Waals surface area contributed by atoms with Crippen molar-refractivity contribution in [2.45, 2.75) is 66.6 Å². The standard InChI is InChI=1S/C21H35N3O3/c1-12(2)17(22)20(25)24-18(13(3)4)21(26)23-16(7)11-27-19-14(5)9-8-10-15(19)6/h8-10,12-13,16-18H,11,22H2,1-7H3,(H,23,26)(H,24,25)/t16?,17-,18-/m0/s1. The summed E-state index contributed by atoms with van der Waals surface area (Å²) in [6.07, 6.45) is 0. The number of hydrogen-bond acceptors (Lipinski definition) is 4. The second-order valence-electron chi connectivity index (χ2n) is 7.94. The first-order chi connectivity index (χ1) is 12.5. The Labute approximate surface area is 163 Å². The van der Waals surface area contributed by atoms with E-state index in [2.05, 4.69) is 10.6 Å². The molecular formula is C21H35N3O3. The third-order valence-corrected chi connectivity index (χ3v) is 4.54. The Bertz CT molecular complexity index is 623. The quantitative estimate of drug-likeness (QED) is 0.616. The zero-order chi connectivity index (χ0) is 20.7. The van der Waals surface area contributed by atoms with Crippen molar-refractivity contribution in [3.05, 3.63) is 29.3 Å². The Hall–Kier alpha value is -2.08. The monoisotopic (exact) mass is 377 g/mol. The molecule has 0 aliphatic carbocycles. The van der Waals surface area contributed by atoms with Crippen LogP contribution in [0.15, 0.2) is 18.2 Å². The van der Waals surface area contributed by atoms with Gasteiger partial charge >= 0.3 is 0 Å². The Balaban J connectivity index is 2.66. The van der Waals surface area contributed by atoms with Gasteiger partial charge in [0.05, 0.1) is 12.1 Å². The molecule has 0 radical (unpaired) electrons. The summed E-state index contributed by atoms with van der Waals surface area (Å²) in [4.78, 5) is 24.9. The van der Waals surface area contributed by atoms with Crippen LogP contribution in [0.3, 0.4) is 0 Å². The summed E-state index contributed by atoms with van der Waals surface area (Å²) in [6, 6.07) is 4.50. The van der Waals surface area contributed by atoms with Crippen LogP contribution in [0.4, 0.5) is 0 Å². The molecule has 0 saturated heterocycles. The average Bonchev–Trinajstić information content (AvgIpc) is 2.57. The highest BCUT2D eigenvalue weighted by atomic mass is 16.5. The average molecular weight is 378 g/mol. The Morgan fingerprint density at radius 2 is 1.52 bits per heavy atom. The van der Waals surface area contributed by atoms with Gasteiger partial charge in [0, 0.05) is 0 Å². The third kappa shape index (κ3) is 6.86. The van der Waals surface area contributed by atoms with Crippen LogP contribution < -0.4 is 21.1 Å². The number of carbonyl (C=O) groups is 2. The summed E-state index contributed by atoms with van der Waals surface area (Å²) in [7, 11) is 0. The smallest absolute Gasteiger partial charge is 0.243 e. The fraction of sp³-hybridized carbons (Fsp3) is 0.619. The van der Waals surface area contributed by atoms with Crippen molar-refractivity contribution in [2.75, 3.05) is 6.61 Å². The van der Waals surface area contributed by atoms with E-state index in [0.29, 0.717) is 6.61 Å². The van der Waals surface area contributed by atoms with Gasteiger partial charge in [-0.3, -0.25) is 9.59 Å². The second kappa shape index (κ2) is 10.3. The zero-order valence-corrected chi connectivity index (χ0v) is 17.6. The molecule has 1 aromatic carbocycles. The lowest BCUT2D eigenvalue weighted by Gasteiger charge is -2.26. The number of carbonyl (C=O) groups excluding carboxylic acids is 2. The van der Waals surface area contributed by atoms with Gasteiger partial charge in [0.15, 0.2) is 0 Å². The minimum absolute atomic E-state index is 0.00514. The molecule has 0 saturated carbocycles. The van der Waals surface area contributed by atoms with Crippen molar-refractivity contribution >= 4 is 11.8 Å². The molecule has 0 fully saturated rings. The molecule has 0 aliphatic rings. The third-order valence-electron chi connectivity index (χ3n) is 4.54. The lowest BCUT2D eigenvalue weighted by Crippen LogP contribution is -2.56. The maximum atomic E-state index is 12.6. The van der Waals surface area contributed by atoms with E-state index >= 15 is 0 Å². The molecule has 1 aromatic rings. The van der Waals surface area contributed by atoms with Crippen molar-refractivity contribution in [1.29, 1.82) is 0 Å². The van der Waals surface area contributed by atoms with Crippen molar-refractivity contribution < 1.29 is 14.3 Å². The number of amides is 2. The van der Waals surface area contributed by atoms with Crippen molar-refractivity contribution in [3.8, 4) is 5.75 Å². The fourth-order valence-corrected chi connectivity index (χ4v) is 2.70. The molecule has 0 spiro atoms. The van der Waals surface area contributed by atoms with Gasteiger partial charge in [-0.05, 0) is 43.7 Å². The second-order valence-corrected chi connectivity index (χ2v) is 7.94. The van der Waals surface area contributed by atoms with Gasteiger partial charge in [-0.15, -0.1) is 0 Å². The summed E-state index contributed by atoms with van der Waals surface area (Å²) >= 11 is 0. The summed E-state index contributed by atoms with van der Waals surface area (Å²) in [6.45, 7) is 13.8. The van der Waals surface area contributed by atoms with Gasteiger partial charge in [0.2, 0.25) is 11.8 Å². The van der Waals surface area contributed by atoms with Crippen LogP contribution in [-0.2, 0) is 9.59 Å². The van der Waals surface area contributed by atoms with E-state index in [9.17, 15) is 9.59 Å². The van der Waals surface area contributed by atoms with Gasteiger partial charge in [-0.25, -0.2) is 0 Å². The number of nitrogens with two attached hydrogens (primary N) is 1. The van der Waals surface area contributed by atoms with Crippen LogP contribution in [0.1, 0.15) is 45.7 Å². The van der Waals surface area contributed by atoms with E-state index in [1.807, 2.05) is 66.7 Å². The van der Waals surface area contributed by atoms with Crippen LogP contribution in [0.2, 0.25) is 0 Å². The largest absolute Gasteiger partial charge is 0.491 e. The van der Waals surface area contributed by atoms with Gasteiger partial charge in [0.25, 0.3) is 0 Å². The maximum Gasteiger partial charge on any atom is 0.243 e. The molecule has 0 aliphatic heterocycles. The van der Waals surface area contributed by atoms with Crippen LogP contribution >= 0.6 is 0 Å². The Kier molecular flexibility index (Phi) is 8.76. The van der Waals surface area contributed by atoms with Crippen LogP contribution in [-0.4, -0.2) is 36.5 Å². The van der Waals surface area contributed by atoms with E-state index in [0.717, 1.165) is 16.9 Å². The van der Waals surface area contributed by atoms with E-state index in [1.165, 1.54) is 0 Å². The Morgan fingerprint density at radius 3 is 2.00 bits per heavy atom. The molecule has 0 bridgehead atoms. The van der Waals surface area contributed by atoms with Gasteiger partial charge in [-0.1, -0.05) is 45.9 Å². The van der Waals surface area contributed by atoms with E-state index in [1.54, 1.807) is 0 Å². The predicted octanol–water partition coefficient (Wildman–Crippen LogP) is 2.31. The molecule has 1 unspecified atom stereocenters. The number of hydrogen-bond donors (Lipinski definition) is 3. The summed E-state index contributed by atoms with van der Waals surface area (Å²) in [5.74, 6) is 0.256. The zero-order valence-electron chi connectivity index (χ0n) is 17.6. The highest BCUT2D eigenvalue weighted by Crippen LogP contribution is 2.22. The van der Waals surface area contributed by atoms with Gasteiger partial charge in [-0.2, -0.15) is 0 Å². The molecule has 0 heterocycles. The first-order valence-electron chi connectivity index (χ1n) is 9.59. The first-order valence-corrected chi connectivity index (χ1v) is 9.59. The number of ether oxygens (including phenoxy) is 1. The highest BCUT2D eigenvalue weighted by Gasteiger charge is 2.28. The molecule has 3 atom stereocenters. The summed E-state index contributed by atoms with van der Waals surface area (Å²) in [5, 5.41) is 5.70.